The van der Waals surface area contributed by atoms with Crippen LogP contribution in [0.25, 0.3) is 0 Å². The van der Waals surface area contributed by atoms with Gasteiger partial charge in [0, 0.05) is 25.2 Å². The van der Waals surface area contributed by atoms with Crippen LogP contribution in [0.2, 0.25) is 0 Å². The predicted octanol–water partition coefficient (Wildman–Crippen LogP) is 3.40. The van der Waals surface area contributed by atoms with E-state index < -0.39 is 0 Å². The molecule has 0 bridgehead atoms. The van der Waals surface area contributed by atoms with Crippen molar-refractivity contribution >= 4 is 11.9 Å². The van der Waals surface area contributed by atoms with Gasteiger partial charge in [0.2, 0.25) is 5.91 Å². The maximum Gasteiger partial charge on any atom is 0.318 e. The number of unbranched alkanes of at least 4 members (excludes halogenated alkanes) is 1. The van der Waals surface area contributed by atoms with Crippen molar-refractivity contribution < 1.29 is 18.7 Å². The Hall–Kier alpha value is -2.02. The molecule has 28 heavy (non-hydrogen) atoms. The van der Waals surface area contributed by atoms with Gasteiger partial charge in [0.25, 0.3) is 0 Å². The molecular weight excluding hydrogens is 358 g/mol. The molecule has 1 atom stereocenters. The van der Waals surface area contributed by atoms with E-state index >= 15 is 0 Å². The van der Waals surface area contributed by atoms with Crippen LogP contribution in [0.15, 0.2) is 22.8 Å². The Balaban J connectivity index is 2.06. The molecule has 2 heterocycles. The third-order valence-electron chi connectivity index (χ3n) is 4.60. The number of rotatable bonds is 9. The van der Waals surface area contributed by atoms with Crippen LogP contribution in [0.5, 0.6) is 0 Å². The van der Waals surface area contributed by atoms with Gasteiger partial charge in [-0.1, -0.05) is 13.3 Å². The van der Waals surface area contributed by atoms with Crippen LogP contribution >= 0.6 is 0 Å². The zero-order valence-corrected chi connectivity index (χ0v) is 17.7. The van der Waals surface area contributed by atoms with E-state index in [2.05, 4.69) is 12.2 Å². The van der Waals surface area contributed by atoms with Crippen LogP contribution in [0.3, 0.4) is 0 Å². The SMILES string of the molecule is CCCCN(CC(=O)N(Cc1ccco1)C[C@H]1CCCO1)C(=O)NC(C)(C)C. The average Bonchev–Trinajstić information content (AvgIpc) is 3.30. The first kappa shape index (κ1) is 22.3. The number of hydrogen-bond donors (Lipinski definition) is 1. The Bertz CT molecular complexity index is 604. The monoisotopic (exact) mass is 393 g/mol. The van der Waals surface area contributed by atoms with Crippen molar-refractivity contribution in [2.24, 2.45) is 0 Å². The average molecular weight is 394 g/mol. The lowest BCUT2D eigenvalue weighted by Crippen LogP contribution is -2.52. The largest absolute Gasteiger partial charge is 0.467 e. The summed E-state index contributed by atoms with van der Waals surface area (Å²) in [6, 6.07) is 3.47. The van der Waals surface area contributed by atoms with Crippen LogP contribution in [0.4, 0.5) is 4.79 Å². The molecule has 0 unspecified atom stereocenters. The molecule has 0 aromatic carbocycles. The molecular formula is C21H35N3O4. The lowest BCUT2D eigenvalue weighted by molar-refractivity contribution is -0.134. The van der Waals surface area contributed by atoms with Gasteiger partial charge < -0.3 is 24.3 Å². The Morgan fingerprint density at radius 3 is 2.64 bits per heavy atom. The van der Waals surface area contributed by atoms with Gasteiger partial charge in [0.15, 0.2) is 0 Å². The molecule has 0 aliphatic carbocycles. The van der Waals surface area contributed by atoms with E-state index in [1.807, 2.05) is 32.9 Å². The minimum atomic E-state index is -0.351. The highest BCUT2D eigenvalue weighted by molar-refractivity contribution is 5.84. The van der Waals surface area contributed by atoms with E-state index in [0.717, 1.165) is 38.1 Å². The second kappa shape index (κ2) is 10.5. The van der Waals surface area contributed by atoms with Crippen LogP contribution in [-0.2, 0) is 16.1 Å². The zero-order chi connectivity index (χ0) is 20.6. The molecule has 3 amide bonds. The van der Waals surface area contributed by atoms with Crippen LogP contribution < -0.4 is 5.32 Å². The molecule has 1 aliphatic heterocycles. The van der Waals surface area contributed by atoms with E-state index in [4.69, 9.17) is 9.15 Å². The van der Waals surface area contributed by atoms with Crippen molar-refractivity contribution in [3.63, 3.8) is 0 Å². The topological polar surface area (TPSA) is 75.0 Å². The van der Waals surface area contributed by atoms with Gasteiger partial charge in [-0.2, -0.15) is 0 Å². The fourth-order valence-electron chi connectivity index (χ4n) is 3.14. The highest BCUT2D eigenvalue weighted by Crippen LogP contribution is 2.16. The quantitative estimate of drug-likeness (QED) is 0.698. The van der Waals surface area contributed by atoms with E-state index in [9.17, 15) is 9.59 Å². The summed E-state index contributed by atoms with van der Waals surface area (Å²) in [5.74, 6) is 0.637. The van der Waals surface area contributed by atoms with Crippen molar-refractivity contribution in [1.29, 1.82) is 0 Å². The van der Waals surface area contributed by atoms with Gasteiger partial charge in [-0.25, -0.2) is 4.79 Å². The Kier molecular flexibility index (Phi) is 8.35. The first-order chi connectivity index (χ1) is 13.3. The summed E-state index contributed by atoms with van der Waals surface area (Å²) in [7, 11) is 0. The number of nitrogens with zero attached hydrogens (tertiary/aromatic N) is 2. The molecule has 1 aromatic rings. The van der Waals surface area contributed by atoms with Gasteiger partial charge >= 0.3 is 6.03 Å². The van der Waals surface area contributed by atoms with Crippen LogP contribution in [-0.4, -0.2) is 59.6 Å². The molecule has 1 N–H and O–H groups in total. The molecule has 1 aromatic heterocycles. The fourth-order valence-corrected chi connectivity index (χ4v) is 3.14. The Morgan fingerprint density at radius 1 is 1.29 bits per heavy atom. The van der Waals surface area contributed by atoms with Gasteiger partial charge in [-0.05, 0) is 52.2 Å². The molecule has 1 saturated heterocycles. The smallest absolute Gasteiger partial charge is 0.318 e. The first-order valence-corrected chi connectivity index (χ1v) is 10.3. The second-order valence-corrected chi connectivity index (χ2v) is 8.44. The van der Waals surface area contributed by atoms with Gasteiger partial charge in [-0.15, -0.1) is 0 Å². The van der Waals surface area contributed by atoms with E-state index in [0.29, 0.717) is 19.6 Å². The zero-order valence-electron chi connectivity index (χ0n) is 17.7. The van der Waals surface area contributed by atoms with Gasteiger partial charge in [0.05, 0.1) is 18.9 Å². The van der Waals surface area contributed by atoms with Crippen molar-refractivity contribution in [2.45, 2.75) is 71.6 Å². The van der Waals surface area contributed by atoms with Gasteiger partial charge in [-0.3, -0.25) is 4.79 Å². The number of nitrogens with one attached hydrogen (secondary N) is 1. The predicted molar refractivity (Wildman–Crippen MR) is 108 cm³/mol. The molecule has 1 fully saturated rings. The summed E-state index contributed by atoms with van der Waals surface area (Å²) >= 11 is 0. The summed E-state index contributed by atoms with van der Waals surface area (Å²) in [5.41, 5.74) is -0.351. The maximum atomic E-state index is 13.1. The lowest BCUT2D eigenvalue weighted by atomic mass is 10.1. The summed E-state index contributed by atoms with van der Waals surface area (Å²) in [6.07, 6.45) is 5.44. The van der Waals surface area contributed by atoms with Crippen molar-refractivity contribution in [3.05, 3.63) is 24.2 Å². The van der Waals surface area contributed by atoms with E-state index in [-0.39, 0.29) is 30.1 Å². The maximum absolute atomic E-state index is 13.1. The number of ether oxygens (including phenoxy) is 1. The first-order valence-electron chi connectivity index (χ1n) is 10.3. The van der Waals surface area contributed by atoms with Crippen molar-refractivity contribution in [2.75, 3.05) is 26.2 Å². The van der Waals surface area contributed by atoms with E-state index in [1.165, 1.54) is 0 Å². The third-order valence-corrected chi connectivity index (χ3v) is 4.60. The number of furan rings is 1. The van der Waals surface area contributed by atoms with Crippen LogP contribution in [0, 0.1) is 0 Å². The number of carbonyl (C=O) groups is 2. The molecule has 7 nitrogen and oxygen atoms in total. The fraction of sp³-hybridized carbons (Fsp3) is 0.714. The Morgan fingerprint density at radius 2 is 2.07 bits per heavy atom. The molecule has 1 aliphatic rings. The lowest BCUT2D eigenvalue weighted by Gasteiger charge is -2.31. The Labute approximate surface area is 168 Å². The molecule has 0 saturated carbocycles. The number of carbonyl (C=O) groups excluding carboxylic acids is 2. The number of amides is 3. The molecule has 158 valence electrons. The second-order valence-electron chi connectivity index (χ2n) is 8.44. The highest BCUT2D eigenvalue weighted by atomic mass is 16.5. The standard InChI is InChI=1S/C21H35N3O4/c1-5-6-11-23(20(26)22-21(2,3)4)16-19(25)24(14-17-9-7-12-27-17)15-18-10-8-13-28-18/h7,9,12,18H,5-6,8,10-11,13-16H2,1-4H3,(H,22,26)/t18-/m1/s1. The minimum absolute atomic E-state index is 0.0476. The summed E-state index contributed by atoms with van der Waals surface area (Å²) in [5, 5.41) is 2.96. The molecule has 2 rings (SSSR count). The van der Waals surface area contributed by atoms with Gasteiger partial charge in [0.1, 0.15) is 12.3 Å². The number of hydrogen-bond acceptors (Lipinski definition) is 4. The summed E-state index contributed by atoms with van der Waals surface area (Å²) in [6.45, 7) is 10.1. The third kappa shape index (κ3) is 7.54. The highest BCUT2D eigenvalue weighted by Gasteiger charge is 2.27. The molecule has 0 spiro atoms. The normalized spacial score (nSPS) is 16.8. The van der Waals surface area contributed by atoms with E-state index in [1.54, 1.807) is 16.1 Å². The summed E-state index contributed by atoms with van der Waals surface area (Å²) < 4.78 is 11.2. The van der Waals surface area contributed by atoms with Crippen molar-refractivity contribution in [3.8, 4) is 0 Å². The summed E-state index contributed by atoms with van der Waals surface area (Å²) in [4.78, 5) is 29.2. The molecule has 0 radical (unpaired) electrons. The van der Waals surface area contributed by atoms with Crippen molar-refractivity contribution in [1.82, 2.24) is 15.1 Å². The molecule has 7 heteroatoms. The minimum Gasteiger partial charge on any atom is -0.467 e. The number of urea groups is 1. The van der Waals surface area contributed by atoms with Crippen LogP contribution in [0.1, 0.15) is 59.1 Å².